The highest BCUT2D eigenvalue weighted by atomic mass is 16.5. The molecule has 0 fully saturated rings. The van der Waals surface area contributed by atoms with Crippen LogP contribution in [0.25, 0.3) is 32.9 Å². The van der Waals surface area contributed by atoms with Crippen LogP contribution in [0, 0.1) is 5.41 Å². The van der Waals surface area contributed by atoms with Crippen molar-refractivity contribution < 1.29 is 33.2 Å². The minimum absolute atomic E-state index is 0.0968. The maximum Gasteiger partial charge on any atom is 0.201 e. The minimum Gasteiger partial charge on any atom is -0.486 e. The number of benzene rings is 3. The van der Waals surface area contributed by atoms with Crippen LogP contribution in [0.3, 0.4) is 0 Å². The van der Waals surface area contributed by atoms with E-state index < -0.39 is 11.2 Å². The third-order valence-corrected chi connectivity index (χ3v) is 10.8. The molecule has 2 unspecified atom stereocenters. The van der Waals surface area contributed by atoms with Crippen molar-refractivity contribution in [3.05, 3.63) is 72.8 Å². The van der Waals surface area contributed by atoms with Crippen LogP contribution < -0.4 is 4.74 Å². The number of aromatic nitrogens is 1. The highest BCUT2D eigenvalue weighted by molar-refractivity contribution is 6.09. The molecule has 2 atom stereocenters. The Labute approximate surface area is 336 Å². The van der Waals surface area contributed by atoms with Gasteiger partial charge in [0.25, 0.3) is 0 Å². The van der Waals surface area contributed by atoms with Gasteiger partial charge in [-0.3, -0.25) is 4.79 Å². The summed E-state index contributed by atoms with van der Waals surface area (Å²) in [6.07, 6.45) is 3.32. The summed E-state index contributed by atoms with van der Waals surface area (Å²) in [4.78, 5) is 18.2. The van der Waals surface area contributed by atoms with Gasteiger partial charge in [0, 0.05) is 28.4 Å². The number of fused-ring (bicyclic) bond motifs is 2. The summed E-state index contributed by atoms with van der Waals surface area (Å²) >= 11 is 0. The Hall–Kier alpha value is -3.40. The number of nitrogens with zero attached hydrogens (tertiary/aromatic N) is 1. The lowest BCUT2D eigenvalue weighted by Crippen LogP contribution is -2.45. The van der Waals surface area contributed by atoms with E-state index in [9.17, 15) is 4.79 Å². The van der Waals surface area contributed by atoms with Crippen molar-refractivity contribution in [2.24, 2.45) is 5.41 Å². The second-order valence-corrected chi connectivity index (χ2v) is 17.9. The van der Waals surface area contributed by atoms with Crippen LogP contribution in [0.1, 0.15) is 109 Å². The summed E-state index contributed by atoms with van der Waals surface area (Å²) in [5.74, 6) is 0.489. The molecule has 0 N–H and O–H groups in total. The van der Waals surface area contributed by atoms with E-state index in [1.807, 2.05) is 60.7 Å². The molecule has 0 bridgehead atoms. The second kappa shape index (κ2) is 19.4. The van der Waals surface area contributed by atoms with Gasteiger partial charge < -0.3 is 28.4 Å². The molecule has 1 heterocycles. The quantitative estimate of drug-likeness (QED) is 0.0689. The van der Waals surface area contributed by atoms with Crippen LogP contribution in [0.5, 0.6) is 5.75 Å². The van der Waals surface area contributed by atoms with Gasteiger partial charge in [0.05, 0.1) is 60.4 Å². The van der Waals surface area contributed by atoms with Gasteiger partial charge in [0.2, 0.25) is 5.78 Å². The number of pyridine rings is 1. The molecule has 0 saturated heterocycles. The van der Waals surface area contributed by atoms with Gasteiger partial charge in [-0.1, -0.05) is 62.4 Å². The van der Waals surface area contributed by atoms with Gasteiger partial charge in [-0.25, -0.2) is 4.98 Å². The average Bonchev–Trinajstić information content (AvgIpc) is 3.15. The molecule has 0 radical (unpaired) electrons. The normalized spacial score (nSPS) is 14.9. The van der Waals surface area contributed by atoms with E-state index in [0.717, 1.165) is 52.2 Å². The summed E-state index contributed by atoms with van der Waals surface area (Å²) in [6.45, 7) is 27.0. The number of para-hydroxylation sites is 2. The highest BCUT2D eigenvalue weighted by Gasteiger charge is 2.37. The summed E-state index contributed by atoms with van der Waals surface area (Å²) in [7, 11) is 0. The molecule has 0 aliphatic heterocycles. The molecule has 56 heavy (non-hydrogen) atoms. The topological polar surface area (TPSA) is 85.3 Å². The van der Waals surface area contributed by atoms with Crippen molar-refractivity contribution in [3.63, 3.8) is 0 Å². The number of ketones is 1. The molecule has 0 spiro atoms. The summed E-state index contributed by atoms with van der Waals surface area (Å²) < 4.78 is 37.8. The maximum absolute atomic E-state index is 13.4. The summed E-state index contributed by atoms with van der Waals surface area (Å²) in [6, 6.07) is 24.3. The molecule has 0 aliphatic carbocycles. The number of carbonyl (C=O) groups excluding carboxylic acids is 1. The van der Waals surface area contributed by atoms with Gasteiger partial charge in [0.15, 0.2) is 0 Å². The SMILES string of the molecule is CCC(COC(C)(C)C)(COC(C)(C)CCOC(C)(C)C(=O)COc1ccc(-c2c3ccccc3nc3ccccc23)cc1)COC(C)(CC)CCOC(C)C. The lowest BCUT2D eigenvalue weighted by Gasteiger charge is -2.41. The van der Waals surface area contributed by atoms with Crippen molar-refractivity contribution in [1.29, 1.82) is 0 Å². The molecular weight excluding hydrogens is 703 g/mol. The zero-order chi connectivity index (χ0) is 41.2. The van der Waals surface area contributed by atoms with Gasteiger partial charge in [0.1, 0.15) is 18.0 Å². The Morgan fingerprint density at radius 1 is 0.661 bits per heavy atom. The predicted molar refractivity (Wildman–Crippen MR) is 229 cm³/mol. The fourth-order valence-electron chi connectivity index (χ4n) is 6.23. The van der Waals surface area contributed by atoms with Gasteiger partial charge >= 0.3 is 0 Å². The molecular formula is C48H69NO7. The summed E-state index contributed by atoms with van der Waals surface area (Å²) in [5, 5.41) is 2.18. The van der Waals surface area contributed by atoms with Crippen molar-refractivity contribution >= 4 is 27.6 Å². The lowest BCUT2D eigenvalue weighted by molar-refractivity contribution is -0.167. The van der Waals surface area contributed by atoms with Crippen LogP contribution in [-0.2, 0) is 28.5 Å². The van der Waals surface area contributed by atoms with E-state index in [4.69, 9.17) is 33.4 Å². The molecule has 0 saturated carbocycles. The Morgan fingerprint density at radius 2 is 1.23 bits per heavy atom. The molecule has 1 aromatic heterocycles. The number of hydrogen-bond acceptors (Lipinski definition) is 8. The monoisotopic (exact) mass is 772 g/mol. The van der Waals surface area contributed by atoms with Crippen molar-refractivity contribution in [3.8, 4) is 16.9 Å². The second-order valence-electron chi connectivity index (χ2n) is 17.9. The molecule has 308 valence electrons. The fourth-order valence-corrected chi connectivity index (χ4v) is 6.23. The molecule has 0 aliphatic rings. The molecule has 4 rings (SSSR count). The van der Waals surface area contributed by atoms with Crippen LogP contribution in [0.15, 0.2) is 72.8 Å². The Balaban J connectivity index is 1.32. The minimum atomic E-state index is -1.03. The smallest absolute Gasteiger partial charge is 0.201 e. The molecule has 0 amide bonds. The zero-order valence-corrected chi connectivity index (χ0v) is 36.4. The van der Waals surface area contributed by atoms with Crippen LogP contribution in [-0.4, -0.2) is 78.9 Å². The Morgan fingerprint density at radius 3 is 1.79 bits per heavy atom. The van der Waals surface area contributed by atoms with Crippen molar-refractivity contribution in [1.82, 2.24) is 4.98 Å². The fraction of sp³-hybridized carbons (Fsp3) is 0.583. The van der Waals surface area contributed by atoms with Crippen LogP contribution >= 0.6 is 0 Å². The number of ether oxygens (including phenoxy) is 6. The predicted octanol–water partition coefficient (Wildman–Crippen LogP) is 11.2. The van der Waals surface area contributed by atoms with E-state index >= 15 is 0 Å². The first-order valence-corrected chi connectivity index (χ1v) is 20.5. The number of Topliss-reactive ketones (excluding diaryl/α,β-unsaturated/α-hetero) is 1. The summed E-state index contributed by atoms with van der Waals surface area (Å²) in [5.41, 5.74) is 1.61. The Kier molecular flexibility index (Phi) is 15.7. The zero-order valence-electron chi connectivity index (χ0n) is 36.4. The number of rotatable bonds is 23. The average molecular weight is 772 g/mol. The van der Waals surface area contributed by atoms with E-state index in [1.54, 1.807) is 13.8 Å². The van der Waals surface area contributed by atoms with Crippen LogP contribution in [0.4, 0.5) is 0 Å². The van der Waals surface area contributed by atoms with Crippen molar-refractivity contribution in [2.75, 3.05) is 39.6 Å². The van der Waals surface area contributed by atoms with Crippen LogP contribution in [0.2, 0.25) is 0 Å². The first-order valence-electron chi connectivity index (χ1n) is 20.5. The first-order chi connectivity index (χ1) is 26.3. The molecule has 4 aromatic rings. The van der Waals surface area contributed by atoms with Gasteiger partial charge in [-0.05, 0) is 125 Å². The van der Waals surface area contributed by atoms with Gasteiger partial charge in [-0.15, -0.1) is 0 Å². The molecule has 8 heteroatoms. The number of hydrogen-bond donors (Lipinski definition) is 0. The van der Waals surface area contributed by atoms with Gasteiger partial charge in [-0.2, -0.15) is 0 Å². The third kappa shape index (κ3) is 13.1. The maximum atomic E-state index is 13.4. The third-order valence-electron chi connectivity index (χ3n) is 10.8. The van der Waals surface area contributed by atoms with Crippen molar-refractivity contribution in [2.45, 2.75) is 137 Å². The standard InChI is InChI=1S/C48H69NO7/c1-13-47(12,28-29-51-35(3)4)56-34-48(14-2,32-54-44(5,6)7)33-55-45(8,9)27-30-53-46(10,11)42(50)31-52-37-25-23-36(24-26-37)43-38-19-15-17-21-40(38)49-41-22-18-16-20-39(41)43/h15-26,35H,13-14,27-34H2,1-12H3. The highest BCUT2D eigenvalue weighted by Crippen LogP contribution is 2.36. The Bertz CT molecular complexity index is 1790. The van der Waals surface area contributed by atoms with E-state index in [0.29, 0.717) is 45.2 Å². The molecule has 8 nitrogen and oxygen atoms in total. The lowest BCUT2D eigenvalue weighted by atomic mass is 9.86. The van der Waals surface area contributed by atoms with E-state index in [1.165, 1.54) is 0 Å². The van der Waals surface area contributed by atoms with E-state index in [-0.39, 0.29) is 35.1 Å². The van der Waals surface area contributed by atoms with E-state index in [2.05, 4.69) is 81.4 Å². The molecule has 3 aromatic carbocycles. The largest absolute Gasteiger partial charge is 0.486 e. The number of carbonyl (C=O) groups is 1. The first kappa shape index (κ1) is 45.3.